The van der Waals surface area contributed by atoms with Crippen LogP contribution >= 0.6 is 0 Å². The zero-order chi connectivity index (χ0) is 12.3. The average molecular weight is 240 g/mol. The summed E-state index contributed by atoms with van der Waals surface area (Å²) in [6, 6.07) is 4.02. The summed E-state index contributed by atoms with van der Waals surface area (Å²) in [6.07, 6.45) is 1.42. The summed E-state index contributed by atoms with van der Waals surface area (Å²) in [5.74, 6) is -0.675. The van der Waals surface area contributed by atoms with E-state index in [1.807, 2.05) is 0 Å². The molecule has 2 rings (SSSR count). The number of nitrogens with one attached hydrogen (secondary N) is 1. The van der Waals surface area contributed by atoms with E-state index in [1.165, 1.54) is 12.1 Å². The van der Waals surface area contributed by atoms with Gasteiger partial charge in [-0.3, -0.25) is 0 Å². The lowest BCUT2D eigenvalue weighted by molar-refractivity contribution is 0.232. The predicted octanol–water partition coefficient (Wildman–Crippen LogP) is 1.80. The molecule has 1 unspecified atom stereocenters. The molecule has 1 N–H and O–H groups in total. The van der Waals surface area contributed by atoms with Crippen molar-refractivity contribution in [2.75, 3.05) is 26.7 Å². The number of hydrogen-bond donors (Lipinski definition) is 1. The van der Waals surface area contributed by atoms with Crippen molar-refractivity contribution in [3.05, 3.63) is 35.4 Å². The lowest BCUT2D eigenvalue weighted by atomic mass is 10.0. The van der Waals surface area contributed by atoms with E-state index in [4.69, 9.17) is 0 Å². The zero-order valence-corrected chi connectivity index (χ0v) is 10.0. The van der Waals surface area contributed by atoms with Gasteiger partial charge in [-0.1, -0.05) is 0 Å². The standard InChI is InChI=1S/C13H18F2N2/c1-17-7-6-16-12(9-17)4-2-10-8-11(14)3-5-13(10)15/h3,5,8,12,16H,2,4,6-7,9H2,1H3. The first-order chi connectivity index (χ1) is 8.15. The highest BCUT2D eigenvalue weighted by molar-refractivity contribution is 5.19. The number of hydrogen-bond acceptors (Lipinski definition) is 2. The van der Waals surface area contributed by atoms with E-state index in [-0.39, 0.29) is 11.6 Å². The minimum atomic E-state index is -0.366. The van der Waals surface area contributed by atoms with Crippen LogP contribution in [0.1, 0.15) is 12.0 Å². The molecule has 1 aromatic carbocycles. The van der Waals surface area contributed by atoms with Gasteiger partial charge >= 0.3 is 0 Å². The van der Waals surface area contributed by atoms with E-state index < -0.39 is 0 Å². The number of benzene rings is 1. The molecule has 0 spiro atoms. The number of rotatable bonds is 3. The van der Waals surface area contributed by atoms with Crippen LogP contribution in [0.25, 0.3) is 0 Å². The Balaban J connectivity index is 1.90. The van der Waals surface area contributed by atoms with Crippen LogP contribution in [0.5, 0.6) is 0 Å². The fourth-order valence-electron chi connectivity index (χ4n) is 2.25. The largest absolute Gasteiger partial charge is 0.311 e. The Bertz CT molecular complexity index is 382. The highest BCUT2D eigenvalue weighted by atomic mass is 19.1. The number of halogens is 2. The second-order valence-corrected chi connectivity index (χ2v) is 4.69. The van der Waals surface area contributed by atoms with Crippen LogP contribution in [-0.2, 0) is 6.42 Å². The van der Waals surface area contributed by atoms with Crippen LogP contribution in [-0.4, -0.2) is 37.6 Å². The van der Waals surface area contributed by atoms with E-state index in [0.717, 1.165) is 32.1 Å². The lowest BCUT2D eigenvalue weighted by Crippen LogP contribution is -2.49. The SMILES string of the molecule is CN1CCNC(CCc2cc(F)ccc2F)C1. The Morgan fingerprint density at radius 3 is 3.00 bits per heavy atom. The number of likely N-dealkylation sites (N-methyl/N-ethyl adjacent to an activating group) is 1. The predicted molar refractivity (Wildman–Crippen MR) is 64.0 cm³/mol. The van der Waals surface area contributed by atoms with Gasteiger partial charge in [0, 0.05) is 25.7 Å². The number of piperazine rings is 1. The Hall–Kier alpha value is -1.00. The Morgan fingerprint density at radius 2 is 2.24 bits per heavy atom. The monoisotopic (exact) mass is 240 g/mol. The fraction of sp³-hybridized carbons (Fsp3) is 0.538. The van der Waals surface area contributed by atoms with E-state index >= 15 is 0 Å². The van der Waals surface area contributed by atoms with Gasteiger partial charge in [-0.05, 0) is 43.7 Å². The Labute approximate surface area is 101 Å². The van der Waals surface area contributed by atoms with Crippen molar-refractivity contribution >= 4 is 0 Å². The quantitative estimate of drug-likeness (QED) is 0.866. The summed E-state index contributed by atoms with van der Waals surface area (Å²) >= 11 is 0. The maximum atomic E-state index is 13.4. The van der Waals surface area contributed by atoms with E-state index in [1.54, 1.807) is 0 Å². The molecule has 1 aromatic rings. The normalized spacial score (nSPS) is 21.7. The number of nitrogens with zero attached hydrogens (tertiary/aromatic N) is 1. The molecule has 0 aromatic heterocycles. The molecule has 1 saturated heterocycles. The Morgan fingerprint density at radius 1 is 1.41 bits per heavy atom. The molecule has 1 fully saturated rings. The van der Waals surface area contributed by atoms with Crippen molar-refractivity contribution in [3.63, 3.8) is 0 Å². The van der Waals surface area contributed by atoms with E-state index in [9.17, 15) is 8.78 Å². The molecule has 1 heterocycles. The summed E-state index contributed by atoms with van der Waals surface area (Å²) in [5.41, 5.74) is 0.472. The fourth-order valence-corrected chi connectivity index (χ4v) is 2.25. The first-order valence-corrected chi connectivity index (χ1v) is 6.01. The van der Waals surface area contributed by atoms with E-state index in [2.05, 4.69) is 17.3 Å². The molecule has 0 radical (unpaired) electrons. The molecule has 1 aliphatic heterocycles. The van der Waals surface area contributed by atoms with Crippen molar-refractivity contribution in [1.29, 1.82) is 0 Å². The van der Waals surface area contributed by atoms with E-state index in [0.29, 0.717) is 18.0 Å². The molecular formula is C13H18F2N2. The summed E-state index contributed by atoms with van der Waals surface area (Å²) in [4.78, 5) is 2.25. The van der Waals surface area contributed by atoms with Gasteiger partial charge in [0.25, 0.3) is 0 Å². The molecule has 0 amide bonds. The highest BCUT2D eigenvalue weighted by Gasteiger charge is 2.16. The van der Waals surface area contributed by atoms with Crippen molar-refractivity contribution in [1.82, 2.24) is 10.2 Å². The van der Waals surface area contributed by atoms with Gasteiger partial charge in [0.05, 0.1) is 0 Å². The minimum Gasteiger partial charge on any atom is -0.311 e. The van der Waals surface area contributed by atoms with Crippen molar-refractivity contribution < 1.29 is 8.78 Å². The van der Waals surface area contributed by atoms with Gasteiger partial charge in [0.1, 0.15) is 11.6 Å². The third-order valence-electron chi connectivity index (χ3n) is 3.23. The third kappa shape index (κ3) is 3.48. The first kappa shape index (κ1) is 12.5. The van der Waals surface area contributed by atoms with Crippen LogP contribution in [0.4, 0.5) is 8.78 Å². The molecule has 17 heavy (non-hydrogen) atoms. The maximum Gasteiger partial charge on any atom is 0.126 e. The molecule has 2 nitrogen and oxygen atoms in total. The second-order valence-electron chi connectivity index (χ2n) is 4.69. The first-order valence-electron chi connectivity index (χ1n) is 6.01. The molecule has 94 valence electrons. The highest BCUT2D eigenvalue weighted by Crippen LogP contribution is 2.13. The molecule has 1 atom stereocenters. The molecule has 0 aliphatic carbocycles. The lowest BCUT2D eigenvalue weighted by Gasteiger charge is -2.30. The van der Waals surface area contributed by atoms with Crippen LogP contribution in [0.15, 0.2) is 18.2 Å². The van der Waals surface area contributed by atoms with Gasteiger partial charge in [-0.15, -0.1) is 0 Å². The van der Waals surface area contributed by atoms with Gasteiger partial charge in [-0.2, -0.15) is 0 Å². The molecule has 4 heteroatoms. The third-order valence-corrected chi connectivity index (χ3v) is 3.23. The summed E-state index contributed by atoms with van der Waals surface area (Å²) in [5, 5.41) is 3.40. The second kappa shape index (κ2) is 5.56. The molecule has 0 saturated carbocycles. The van der Waals surface area contributed by atoms with Crippen molar-refractivity contribution in [2.24, 2.45) is 0 Å². The molecular weight excluding hydrogens is 222 g/mol. The smallest absolute Gasteiger partial charge is 0.126 e. The van der Waals surface area contributed by atoms with Crippen LogP contribution < -0.4 is 5.32 Å². The summed E-state index contributed by atoms with van der Waals surface area (Å²) < 4.78 is 26.4. The maximum absolute atomic E-state index is 13.4. The topological polar surface area (TPSA) is 15.3 Å². The van der Waals surface area contributed by atoms with Gasteiger partial charge in [0.15, 0.2) is 0 Å². The minimum absolute atomic E-state index is 0.310. The summed E-state index contributed by atoms with van der Waals surface area (Å²) in [6.45, 7) is 2.98. The molecule has 1 aliphatic rings. The van der Waals surface area contributed by atoms with Crippen molar-refractivity contribution in [3.8, 4) is 0 Å². The van der Waals surface area contributed by atoms with Gasteiger partial charge in [-0.25, -0.2) is 8.78 Å². The zero-order valence-electron chi connectivity index (χ0n) is 10.0. The Kier molecular flexibility index (Phi) is 4.07. The van der Waals surface area contributed by atoms with Crippen LogP contribution in [0.3, 0.4) is 0 Å². The van der Waals surface area contributed by atoms with Crippen LogP contribution in [0.2, 0.25) is 0 Å². The number of aryl methyl sites for hydroxylation is 1. The van der Waals surface area contributed by atoms with Crippen molar-refractivity contribution in [2.45, 2.75) is 18.9 Å². The van der Waals surface area contributed by atoms with Crippen LogP contribution in [0, 0.1) is 11.6 Å². The summed E-state index contributed by atoms with van der Waals surface area (Å²) in [7, 11) is 2.08. The average Bonchev–Trinajstić information content (AvgIpc) is 2.30. The van der Waals surface area contributed by atoms with Gasteiger partial charge < -0.3 is 10.2 Å². The van der Waals surface area contributed by atoms with Gasteiger partial charge in [0.2, 0.25) is 0 Å². The molecule has 0 bridgehead atoms.